The van der Waals surface area contributed by atoms with E-state index in [0.29, 0.717) is 17.2 Å². The molecule has 0 spiro atoms. The summed E-state index contributed by atoms with van der Waals surface area (Å²) in [4.78, 5) is 13.6. The van der Waals surface area contributed by atoms with Crippen molar-refractivity contribution in [2.24, 2.45) is 5.92 Å². The lowest BCUT2D eigenvalue weighted by Gasteiger charge is -2.28. The highest BCUT2D eigenvalue weighted by atomic mass is 16.5. The molecule has 2 atom stereocenters. The second-order valence-corrected chi connectivity index (χ2v) is 5.63. The summed E-state index contributed by atoms with van der Waals surface area (Å²) in [6.45, 7) is 2.64. The van der Waals surface area contributed by atoms with Crippen molar-refractivity contribution in [3.8, 4) is 0 Å². The molecular formula is C15H20N2O3. The number of amides is 1. The van der Waals surface area contributed by atoms with E-state index in [4.69, 9.17) is 4.74 Å². The Labute approximate surface area is 118 Å². The molecule has 20 heavy (non-hydrogen) atoms. The molecule has 0 aliphatic carbocycles. The van der Waals surface area contributed by atoms with Crippen molar-refractivity contribution in [1.82, 2.24) is 0 Å². The van der Waals surface area contributed by atoms with Gasteiger partial charge in [-0.2, -0.15) is 0 Å². The Kier molecular flexibility index (Phi) is 3.63. The van der Waals surface area contributed by atoms with Crippen LogP contribution in [0, 0.1) is 5.92 Å². The third-order valence-electron chi connectivity index (χ3n) is 4.07. The molecule has 0 radical (unpaired) electrons. The molecule has 108 valence electrons. The molecule has 5 heteroatoms. The highest BCUT2D eigenvalue weighted by Gasteiger charge is 2.28. The largest absolute Gasteiger partial charge is 0.381 e. The van der Waals surface area contributed by atoms with Gasteiger partial charge in [-0.1, -0.05) is 6.07 Å². The monoisotopic (exact) mass is 276 g/mol. The fraction of sp³-hybridized carbons (Fsp3) is 0.533. The number of nitrogens with one attached hydrogen (secondary N) is 1. The molecule has 5 nitrogen and oxygen atoms in total. The van der Waals surface area contributed by atoms with Gasteiger partial charge in [-0.3, -0.25) is 4.79 Å². The molecule has 3 rings (SSSR count). The zero-order valence-electron chi connectivity index (χ0n) is 11.6. The Balaban J connectivity index is 1.71. The summed E-state index contributed by atoms with van der Waals surface area (Å²) in [6.07, 6.45) is 1.30. The Hall–Kier alpha value is -1.59. The number of ether oxygens (including phenoxy) is 1. The number of carbonyl (C=O) groups excluding carboxylic acids is 1. The van der Waals surface area contributed by atoms with E-state index in [1.165, 1.54) is 6.42 Å². The maximum Gasteiger partial charge on any atom is 0.257 e. The number of nitrogens with zero attached hydrogens (tertiary/aromatic N) is 1. The van der Waals surface area contributed by atoms with Crippen LogP contribution in [0.2, 0.25) is 0 Å². The molecule has 1 fully saturated rings. The second kappa shape index (κ2) is 5.42. The predicted molar refractivity (Wildman–Crippen MR) is 76.8 cm³/mol. The van der Waals surface area contributed by atoms with Gasteiger partial charge in [-0.25, -0.2) is 0 Å². The van der Waals surface area contributed by atoms with E-state index < -0.39 is 6.10 Å². The minimum Gasteiger partial charge on any atom is -0.381 e. The number of hydrogen-bond donors (Lipinski definition) is 2. The van der Waals surface area contributed by atoms with Gasteiger partial charge in [0, 0.05) is 37.1 Å². The fourth-order valence-corrected chi connectivity index (χ4v) is 2.91. The van der Waals surface area contributed by atoms with Gasteiger partial charge in [0.1, 0.15) is 0 Å². The van der Waals surface area contributed by atoms with Gasteiger partial charge in [-0.15, -0.1) is 0 Å². The van der Waals surface area contributed by atoms with Crippen molar-refractivity contribution >= 4 is 17.3 Å². The van der Waals surface area contributed by atoms with Gasteiger partial charge in [0.15, 0.2) is 6.10 Å². The first-order chi connectivity index (χ1) is 9.65. The van der Waals surface area contributed by atoms with E-state index in [9.17, 15) is 9.90 Å². The highest BCUT2D eigenvalue weighted by Crippen LogP contribution is 2.34. The summed E-state index contributed by atoms with van der Waals surface area (Å²) in [6, 6.07) is 5.69. The zero-order chi connectivity index (χ0) is 14.1. The lowest BCUT2D eigenvalue weighted by molar-refractivity contribution is -0.123. The van der Waals surface area contributed by atoms with E-state index in [0.717, 1.165) is 31.9 Å². The Morgan fingerprint density at radius 3 is 3.10 bits per heavy atom. The summed E-state index contributed by atoms with van der Waals surface area (Å²) < 4.78 is 5.50. The van der Waals surface area contributed by atoms with Crippen LogP contribution in [0.1, 0.15) is 24.5 Å². The summed E-state index contributed by atoms with van der Waals surface area (Å²) in [7, 11) is 2.05. The number of hydrogen-bond acceptors (Lipinski definition) is 4. The second-order valence-electron chi connectivity index (χ2n) is 5.63. The fourth-order valence-electron chi connectivity index (χ4n) is 2.91. The number of aliphatic hydroxyl groups excluding tert-OH is 1. The SMILES string of the molecule is CN(CC1CCCOC1)c1ccc2c(c1)NC(=O)C2O. The molecule has 1 amide bonds. The van der Waals surface area contributed by atoms with Crippen molar-refractivity contribution in [3.63, 3.8) is 0 Å². The van der Waals surface area contributed by atoms with Crippen LogP contribution in [-0.4, -0.2) is 37.8 Å². The van der Waals surface area contributed by atoms with Crippen LogP contribution < -0.4 is 10.2 Å². The molecular weight excluding hydrogens is 256 g/mol. The first-order valence-electron chi connectivity index (χ1n) is 7.07. The van der Waals surface area contributed by atoms with Gasteiger partial charge in [0.05, 0.1) is 6.61 Å². The minimum absolute atomic E-state index is 0.347. The van der Waals surface area contributed by atoms with Gasteiger partial charge in [0.2, 0.25) is 0 Å². The maximum atomic E-state index is 11.4. The van der Waals surface area contributed by atoms with Crippen molar-refractivity contribution in [3.05, 3.63) is 23.8 Å². The smallest absolute Gasteiger partial charge is 0.257 e. The van der Waals surface area contributed by atoms with Crippen molar-refractivity contribution in [1.29, 1.82) is 0 Å². The third kappa shape index (κ3) is 2.51. The van der Waals surface area contributed by atoms with Crippen LogP contribution in [0.5, 0.6) is 0 Å². The molecule has 0 aromatic heterocycles. The summed E-state index contributed by atoms with van der Waals surface area (Å²) in [5.74, 6) is 0.211. The third-order valence-corrected chi connectivity index (χ3v) is 4.07. The van der Waals surface area contributed by atoms with Crippen molar-refractivity contribution in [2.45, 2.75) is 18.9 Å². The van der Waals surface area contributed by atoms with Crippen LogP contribution in [0.25, 0.3) is 0 Å². The van der Waals surface area contributed by atoms with E-state index >= 15 is 0 Å². The quantitative estimate of drug-likeness (QED) is 0.879. The minimum atomic E-state index is -1.03. The van der Waals surface area contributed by atoms with Gasteiger partial charge >= 0.3 is 0 Å². The average Bonchev–Trinajstić information content (AvgIpc) is 2.74. The Morgan fingerprint density at radius 1 is 1.50 bits per heavy atom. The summed E-state index contributed by atoms with van der Waals surface area (Å²) >= 11 is 0. The van der Waals surface area contributed by atoms with E-state index in [1.54, 1.807) is 0 Å². The van der Waals surface area contributed by atoms with E-state index in [2.05, 4.69) is 10.2 Å². The number of benzene rings is 1. The molecule has 2 aliphatic rings. The molecule has 0 saturated carbocycles. The molecule has 0 bridgehead atoms. The first kappa shape index (κ1) is 13.4. The van der Waals surface area contributed by atoms with E-state index in [1.807, 2.05) is 25.2 Å². The lowest BCUT2D eigenvalue weighted by atomic mass is 10.0. The Morgan fingerprint density at radius 2 is 2.35 bits per heavy atom. The number of fused-ring (bicyclic) bond motifs is 1. The normalized spacial score (nSPS) is 25.2. The van der Waals surface area contributed by atoms with Crippen molar-refractivity contribution in [2.75, 3.05) is 37.0 Å². The maximum absolute atomic E-state index is 11.4. The number of anilines is 2. The number of rotatable bonds is 3. The molecule has 2 heterocycles. The zero-order valence-corrected chi connectivity index (χ0v) is 11.6. The number of aliphatic hydroxyl groups is 1. The topological polar surface area (TPSA) is 61.8 Å². The van der Waals surface area contributed by atoms with Crippen molar-refractivity contribution < 1.29 is 14.6 Å². The summed E-state index contributed by atoms with van der Waals surface area (Å²) in [5, 5.41) is 12.4. The molecule has 2 aliphatic heterocycles. The molecule has 2 unspecified atom stereocenters. The number of carbonyl (C=O) groups is 1. The molecule has 1 aromatic carbocycles. The van der Waals surface area contributed by atoms with E-state index in [-0.39, 0.29) is 5.91 Å². The summed E-state index contributed by atoms with van der Waals surface area (Å²) in [5.41, 5.74) is 2.42. The molecule has 2 N–H and O–H groups in total. The average molecular weight is 276 g/mol. The van der Waals surface area contributed by atoms with Gasteiger partial charge in [-0.05, 0) is 30.9 Å². The van der Waals surface area contributed by atoms with Crippen LogP contribution in [0.4, 0.5) is 11.4 Å². The standard InChI is InChI=1S/C15H20N2O3/c1-17(8-10-3-2-6-20-9-10)11-4-5-12-13(7-11)16-15(19)14(12)18/h4-5,7,10,14,18H,2-3,6,8-9H2,1H3,(H,16,19). The van der Waals surface area contributed by atoms with Gasteiger partial charge in [0.25, 0.3) is 5.91 Å². The van der Waals surface area contributed by atoms with Crippen LogP contribution in [0.3, 0.4) is 0 Å². The highest BCUT2D eigenvalue weighted by molar-refractivity contribution is 6.02. The van der Waals surface area contributed by atoms with Crippen LogP contribution >= 0.6 is 0 Å². The molecule has 1 aromatic rings. The van der Waals surface area contributed by atoms with Crippen LogP contribution in [0.15, 0.2) is 18.2 Å². The van der Waals surface area contributed by atoms with Crippen LogP contribution in [-0.2, 0) is 9.53 Å². The van der Waals surface area contributed by atoms with Gasteiger partial charge < -0.3 is 20.1 Å². The molecule has 1 saturated heterocycles. The lowest BCUT2D eigenvalue weighted by Crippen LogP contribution is -2.30. The predicted octanol–water partition coefficient (Wildman–Crippen LogP) is 1.53. The first-order valence-corrected chi connectivity index (χ1v) is 7.07. The Bertz CT molecular complexity index is 512.